The Labute approximate surface area is 124 Å². The fraction of sp³-hybridized carbons (Fsp3) is 0.400. The molecular formula is C15H16F3N3O. The van der Waals surface area contributed by atoms with E-state index in [1.165, 1.54) is 12.1 Å². The van der Waals surface area contributed by atoms with Gasteiger partial charge in [-0.15, -0.1) is 0 Å². The van der Waals surface area contributed by atoms with Crippen LogP contribution in [0, 0.1) is 0 Å². The third kappa shape index (κ3) is 2.45. The van der Waals surface area contributed by atoms with E-state index in [2.05, 4.69) is 10.4 Å². The van der Waals surface area contributed by atoms with Crippen molar-refractivity contribution >= 4 is 0 Å². The third-order valence-corrected chi connectivity index (χ3v) is 4.08. The Kier molecular flexibility index (Phi) is 3.60. The number of H-pyrrole nitrogens is 1. The van der Waals surface area contributed by atoms with Gasteiger partial charge in [-0.3, -0.25) is 14.6 Å². The summed E-state index contributed by atoms with van der Waals surface area (Å²) in [6.45, 7) is 2.83. The number of benzene rings is 1. The van der Waals surface area contributed by atoms with Crippen LogP contribution >= 0.6 is 0 Å². The van der Waals surface area contributed by atoms with Gasteiger partial charge < -0.3 is 5.32 Å². The molecule has 1 unspecified atom stereocenters. The van der Waals surface area contributed by atoms with Crippen LogP contribution in [0.2, 0.25) is 0 Å². The second-order valence-electron chi connectivity index (χ2n) is 5.42. The van der Waals surface area contributed by atoms with Crippen LogP contribution in [-0.4, -0.2) is 16.3 Å². The SMILES string of the molecule is CC(c1ccccc1C(F)(F)F)n1[nH]c(=O)c2c1CCNC2. The lowest BCUT2D eigenvalue weighted by molar-refractivity contribution is -0.138. The van der Waals surface area contributed by atoms with Crippen LogP contribution in [0.4, 0.5) is 13.2 Å². The van der Waals surface area contributed by atoms with E-state index in [0.717, 1.165) is 11.8 Å². The summed E-state index contributed by atoms with van der Waals surface area (Å²) in [5.74, 6) is 0. The molecule has 0 amide bonds. The maximum atomic E-state index is 13.2. The normalized spacial score (nSPS) is 16.4. The smallest absolute Gasteiger partial charge is 0.312 e. The van der Waals surface area contributed by atoms with Crippen molar-refractivity contribution in [2.24, 2.45) is 0 Å². The minimum absolute atomic E-state index is 0.155. The zero-order chi connectivity index (χ0) is 15.9. The van der Waals surface area contributed by atoms with Gasteiger partial charge in [0.25, 0.3) is 5.56 Å². The highest BCUT2D eigenvalue weighted by Crippen LogP contribution is 2.35. The lowest BCUT2D eigenvalue weighted by Gasteiger charge is -2.23. The molecule has 2 aromatic rings. The standard InChI is InChI=1S/C15H16F3N3O/c1-9(10-4-2-3-5-12(10)15(16,17)18)21-13-6-7-19-8-11(13)14(22)20-21/h2-5,9,19H,6-8H2,1H3,(H,20,22). The summed E-state index contributed by atoms with van der Waals surface area (Å²) < 4.78 is 41.1. The first-order valence-electron chi connectivity index (χ1n) is 7.08. The summed E-state index contributed by atoms with van der Waals surface area (Å²) in [5.41, 5.74) is 0.650. The summed E-state index contributed by atoms with van der Waals surface area (Å²) in [6.07, 6.45) is -3.80. The number of alkyl halides is 3. The van der Waals surface area contributed by atoms with Crippen LogP contribution in [0.15, 0.2) is 29.1 Å². The monoisotopic (exact) mass is 311 g/mol. The maximum Gasteiger partial charge on any atom is 0.416 e. The van der Waals surface area contributed by atoms with Crippen LogP contribution in [0.3, 0.4) is 0 Å². The highest BCUT2D eigenvalue weighted by Gasteiger charge is 2.35. The molecule has 1 aliphatic heterocycles. The third-order valence-electron chi connectivity index (χ3n) is 4.08. The summed E-state index contributed by atoms with van der Waals surface area (Å²) in [7, 11) is 0. The highest BCUT2D eigenvalue weighted by atomic mass is 19.4. The van der Waals surface area contributed by atoms with Gasteiger partial charge in [0.05, 0.1) is 17.2 Å². The molecule has 0 spiro atoms. The van der Waals surface area contributed by atoms with Gasteiger partial charge in [-0.25, -0.2) is 0 Å². The molecule has 0 saturated heterocycles. The van der Waals surface area contributed by atoms with Crippen molar-refractivity contribution in [1.82, 2.24) is 15.1 Å². The molecular weight excluding hydrogens is 295 g/mol. The molecule has 22 heavy (non-hydrogen) atoms. The number of halogens is 3. The molecule has 1 aromatic carbocycles. The van der Waals surface area contributed by atoms with Crippen molar-refractivity contribution in [3.8, 4) is 0 Å². The van der Waals surface area contributed by atoms with E-state index in [9.17, 15) is 18.0 Å². The maximum absolute atomic E-state index is 13.2. The van der Waals surface area contributed by atoms with Gasteiger partial charge in [-0.2, -0.15) is 13.2 Å². The van der Waals surface area contributed by atoms with Crippen molar-refractivity contribution in [3.63, 3.8) is 0 Å². The average molecular weight is 311 g/mol. The Morgan fingerprint density at radius 3 is 2.73 bits per heavy atom. The molecule has 0 bridgehead atoms. The number of nitrogens with zero attached hydrogens (tertiary/aromatic N) is 1. The first kappa shape index (κ1) is 14.9. The van der Waals surface area contributed by atoms with E-state index in [1.807, 2.05) is 0 Å². The molecule has 0 fully saturated rings. The Morgan fingerprint density at radius 1 is 1.27 bits per heavy atom. The van der Waals surface area contributed by atoms with Crippen LogP contribution in [0.5, 0.6) is 0 Å². The van der Waals surface area contributed by atoms with Gasteiger partial charge in [0.1, 0.15) is 0 Å². The van der Waals surface area contributed by atoms with E-state index < -0.39 is 17.8 Å². The number of fused-ring (bicyclic) bond motifs is 1. The molecule has 7 heteroatoms. The first-order chi connectivity index (χ1) is 10.4. The van der Waals surface area contributed by atoms with Crippen LogP contribution < -0.4 is 10.9 Å². The molecule has 1 aromatic heterocycles. The number of hydrogen-bond acceptors (Lipinski definition) is 2. The van der Waals surface area contributed by atoms with Gasteiger partial charge in [0.2, 0.25) is 0 Å². The van der Waals surface area contributed by atoms with Crippen molar-refractivity contribution in [3.05, 3.63) is 57.0 Å². The molecule has 0 radical (unpaired) electrons. The minimum atomic E-state index is -4.42. The van der Waals surface area contributed by atoms with E-state index in [-0.39, 0.29) is 11.1 Å². The molecule has 4 nitrogen and oxygen atoms in total. The van der Waals surface area contributed by atoms with Crippen molar-refractivity contribution in [2.75, 3.05) is 6.54 Å². The summed E-state index contributed by atoms with van der Waals surface area (Å²) in [6, 6.07) is 4.89. The van der Waals surface area contributed by atoms with Crippen LogP contribution in [0.1, 0.15) is 35.3 Å². The fourth-order valence-electron chi connectivity index (χ4n) is 2.98. The van der Waals surface area contributed by atoms with Crippen LogP contribution in [-0.2, 0) is 19.1 Å². The summed E-state index contributed by atoms with van der Waals surface area (Å²) in [4.78, 5) is 12.0. The molecule has 0 aliphatic carbocycles. The predicted octanol–water partition coefficient (Wildman–Crippen LogP) is 2.45. The van der Waals surface area contributed by atoms with E-state index in [4.69, 9.17) is 0 Å². The van der Waals surface area contributed by atoms with Gasteiger partial charge in [-0.05, 0) is 18.6 Å². The second kappa shape index (κ2) is 5.31. The van der Waals surface area contributed by atoms with E-state index in [0.29, 0.717) is 25.1 Å². The molecule has 3 rings (SSSR count). The molecule has 0 saturated carbocycles. The number of hydrogen-bond donors (Lipinski definition) is 2. The fourth-order valence-corrected chi connectivity index (χ4v) is 2.98. The highest BCUT2D eigenvalue weighted by molar-refractivity contribution is 5.33. The zero-order valence-corrected chi connectivity index (χ0v) is 12.0. The molecule has 2 heterocycles. The minimum Gasteiger partial charge on any atom is -0.312 e. The predicted molar refractivity (Wildman–Crippen MR) is 75.7 cm³/mol. The van der Waals surface area contributed by atoms with Crippen LogP contribution in [0.25, 0.3) is 0 Å². The van der Waals surface area contributed by atoms with E-state index in [1.54, 1.807) is 17.7 Å². The Hall–Kier alpha value is -2.02. The molecule has 1 atom stereocenters. The Morgan fingerprint density at radius 2 is 2.00 bits per heavy atom. The Balaban J connectivity index is 2.10. The Bertz CT molecular complexity index is 745. The first-order valence-corrected chi connectivity index (χ1v) is 7.08. The summed E-state index contributed by atoms with van der Waals surface area (Å²) >= 11 is 0. The van der Waals surface area contributed by atoms with Crippen molar-refractivity contribution in [1.29, 1.82) is 0 Å². The number of aromatic amines is 1. The molecule has 2 N–H and O–H groups in total. The van der Waals surface area contributed by atoms with Crippen molar-refractivity contribution in [2.45, 2.75) is 32.1 Å². The molecule has 1 aliphatic rings. The zero-order valence-electron chi connectivity index (χ0n) is 12.0. The summed E-state index contributed by atoms with van der Waals surface area (Å²) in [5, 5.41) is 5.78. The van der Waals surface area contributed by atoms with Gasteiger partial charge in [-0.1, -0.05) is 18.2 Å². The molecule has 118 valence electrons. The number of rotatable bonds is 2. The van der Waals surface area contributed by atoms with E-state index >= 15 is 0 Å². The van der Waals surface area contributed by atoms with Crippen molar-refractivity contribution < 1.29 is 13.2 Å². The quantitative estimate of drug-likeness (QED) is 0.895. The van der Waals surface area contributed by atoms with Gasteiger partial charge in [0, 0.05) is 25.2 Å². The number of aromatic nitrogens is 2. The topological polar surface area (TPSA) is 49.8 Å². The second-order valence-corrected chi connectivity index (χ2v) is 5.42. The van der Waals surface area contributed by atoms with Gasteiger partial charge >= 0.3 is 6.18 Å². The average Bonchev–Trinajstić information content (AvgIpc) is 2.83. The largest absolute Gasteiger partial charge is 0.416 e. The lowest BCUT2D eigenvalue weighted by atomic mass is 10.0. The number of nitrogens with one attached hydrogen (secondary N) is 2. The lowest BCUT2D eigenvalue weighted by Crippen LogP contribution is -2.27. The van der Waals surface area contributed by atoms with Gasteiger partial charge in [0.15, 0.2) is 0 Å².